The van der Waals surface area contributed by atoms with Crippen molar-refractivity contribution in [3.63, 3.8) is 0 Å². The van der Waals surface area contributed by atoms with Gasteiger partial charge in [-0.25, -0.2) is 0 Å². The van der Waals surface area contributed by atoms with Gasteiger partial charge in [0, 0.05) is 39.5 Å². The van der Waals surface area contributed by atoms with Crippen molar-refractivity contribution < 1.29 is 5.11 Å². The molecule has 7 heteroatoms. The largest absolute Gasteiger partial charge is 0.508 e. The molecule has 4 aromatic rings. The van der Waals surface area contributed by atoms with Gasteiger partial charge in [0.15, 0.2) is 5.11 Å². The third-order valence-electron chi connectivity index (χ3n) is 6.60. The highest BCUT2D eigenvalue weighted by atomic mass is 35.5. The Morgan fingerprint density at radius 2 is 1.71 bits per heavy atom. The second-order valence-corrected chi connectivity index (χ2v) is 9.36. The van der Waals surface area contributed by atoms with Gasteiger partial charge in [0.25, 0.3) is 0 Å². The summed E-state index contributed by atoms with van der Waals surface area (Å²) in [4.78, 5) is 6.79. The molecule has 172 valence electrons. The first kappa shape index (κ1) is 22.4. The minimum atomic E-state index is -0.144. The van der Waals surface area contributed by atoms with Crippen molar-refractivity contribution in [1.82, 2.24) is 14.9 Å². The lowest BCUT2D eigenvalue weighted by molar-refractivity contribution is 0.475. The molecule has 34 heavy (non-hydrogen) atoms. The number of halogens is 1. The molecule has 1 aliphatic rings. The van der Waals surface area contributed by atoms with Crippen molar-refractivity contribution in [2.24, 2.45) is 0 Å². The molecule has 0 radical (unpaired) electrons. The molecule has 5 nitrogen and oxygen atoms in total. The van der Waals surface area contributed by atoms with Gasteiger partial charge in [0.05, 0.1) is 17.8 Å². The fourth-order valence-corrected chi connectivity index (χ4v) is 5.51. The maximum Gasteiger partial charge on any atom is 0.174 e. The molecule has 0 bridgehead atoms. The number of anilines is 1. The van der Waals surface area contributed by atoms with Gasteiger partial charge in [0.2, 0.25) is 0 Å². The first-order valence-corrected chi connectivity index (χ1v) is 11.9. The topological polar surface area (TPSA) is 53.3 Å². The van der Waals surface area contributed by atoms with Gasteiger partial charge in [-0.2, -0.15) is 0 Å². The first-order valence-electron chi connectivity index (χ1n) is 11.1. The molecular weight excluding hydrogens is 464 g/mol. The molecular formula is C27H25ClN4OS. The molecule has 0 unspecified atom stereocenters. The summed E-state index contributed by atoms with van der Waals surface area (Å²) in [5, 5.41) is 14.7. The third kappa shape index (κ3) is 3.73. The lowest BCUT2D eigenvalue weighted by atomic mass is 9.93. The van der Waals surface area contributed by atoms with E-state index in [9.17, 15) is 5.11 Å². The number of pyridine rings is 1. The number of aromatic nitrogens is 2. The van der Waals surface area contributed by atoms with Crippen molar-refractivity contribution in [2.45, 2.75) is 32.9 Å². The van der Waals surface area contributed by atoms with Crippen molar-refractivity contribution >= 4 is 34.6 Å². The van der Waals surface area contributed by atoms with Gasteiger partial charge in [-0.15, -0.1) is 0 Å². The monoisotopic (exact) mass is 488 g/mol. The predicted molar refractivity (Wildman–Crippen MR) is 141 cm³/mol. The van der Waals surface area contributed by atoms with E-state index in [0.717, 1.165) is 28.5 Å². The maximum absolute atomic E-state index is 9.86. The van der Waals surface area contributed by atoms with Crippen LogP contribution in [0.25, 0.3) is 5.69 Å². The predicted octanol–water partition coefficient (Wildman–Crippen LogP) is 6.33. The van der Waals surface area contributed by atoms with Gasteiger partial charge < -0.3 is 19.9 Å². The Labute approximate surface area is 209 Å². The summed E-state index contributed by atoms with van der Waals surface area (Å²) in [6.07, 6.45) is 1.81. The Kier molecular flexibility index (Phi) is 5.80. The van der Waals surface area contributed by atoms with Crippen LogP contribution in [0.4, 0.5) is 5.69 Å². The first-order chi connectivity index (χ1) is 16.4. The summed E-state index contributed by atoms with van der Waals surface area (Å²) in [6, 6.07) is 20.7. The molecule has 0 aliphatic carbocycles. The summed E-state index contributed by atoms with van der Waals surface area (Å²) < 4.78 is 2.25. The lowest BCUT2D eigenvalue weighted by Crippen LogP contribution is -2.29. The van der Waals surface area contributed by atoms with E-state index in [2.05, 4.69) is 46.6 Å². The number of nitrogens with zero attached hydrogens (tertiary/aromatic N) is 3. The fraction of sp³-hybridized carbons (Fsp3) is 0.185. The van der Waals surface area contributed by atoms with E-state index in [1.54, 1.807) is 12.1 Å². The quantitative estimate of drug-likeness (QED) is 0.328. The molecule has 2 atom stereocenters. The molecule has 1 saturated heterocycles. The van der Waals surface area contributed by atoms with E-state index in [1.165, 1.54) is 11.1 Å². The number of nitrogens with one attached hydrogen (secondary N) is 1. The number of phenolic OH excluding ortho intramolecular Hbond substituents is 1. The SMILES string of the molecule is Cc1c([C@@H]2[C@@H](c3ccccn3)NC(=S)N2c2ccc(O)cc2)c(C)n(-c2cccc(Cl)c2)c1C. The number of benzene rings is 2. The molecule has 0 amide bonds. The van der Waals surface area contributed by atoms with Crippen molar-refractivity contribution in [3.05, 3.63) is 106 Å². The maximum atomic E-state index is 9.86. The number of hydrogen-bond donors (Lipinski definition) is 2. The molecule has 2 aromatic heterocycles. The Hall–Kier alpha value is -3.35. The zero-order chi connectivity index (χ0) is 24.0. The Morgan fingerprint density at radius 1 is 0.941 bits per heavy atom. The summed E-state index contributed by atoms with van der Waals surface area (Å²) in [5.74, 6) is 0.218. The summed E-state index contributed by atoms with van der Waals surface area (Å²) in [7, 11) is 0. The van der Waals surface area contributed by atoms with Gasteiger partial charge in [-0.05, 0) is 93.1 Å². The summed E-state index contributed by atoms with van der Waals surface area (Å²) in [6.45, 7) is 6.43. The Bertz CT molecular complexity index is 1370. The zero-order valence-electron chi connectivity index (χ0n) is 19.2. The fourth-order valence-electron chi connectivity index (χ4n) is 4.98. The normalized spacial score (nSPS) is 17.8. The number of thiocarbonyl (C=S) groups is 1. The highest BCUT2D eigenvalue weighted by Gasteiger charge is 2.43. The van der Waals surface area contributed by atoms with E-state index in [4.69, 9.17) is 23.8 Å². The molecule has 2 N–H and O–H groups in total. The minimum Gasteiger partial charge on any atom is -0.508 e. The van der Waals surface area contributed by atoms with Crippen LogP contribution in [0.2, 0.25) is 5.02 Å². The van der Waals surface area contributed by atoms with Gasteiger partial charge >= 0.3 is 0 Å². The minimum absolute atomic E-state index is 0.133. The molecule has 3 heterocycles. The van der Waals surface area contributed by atoms with Crippen LogP contribution < -0.4 is 10.2 Å². The van der Waals surface area contributed by atoms with Crippen molar-refractivity contribution in [2.75, 3.05) is 4.90 Å². The zero-order valence-corrected chi connectivity index (χ0v) is 20.7. The van der Waals surface area contributed by atoms with Crippen LogP contribution in [0, 0.1) is 20.8 Å². The third-order valence-corrected chi connectivity index (χ3v) is 7.15. The molecule has 1 fully saturated rings. The molecule has 5 rings (SSSR count). The average molecular weight is 489 g/mol. The van der Waals surface area contributed by atoms with Gasteiger partial charge in [0.1, 0.15) is 5.75 Å². The van der Waals surface area contributed by atoms with Crippen molar-refractivity contribution in [1.29, 1.82) is 0 Å². The highest BCUT2D eigenvalue weighted by molar-refractivity contribution is 7.80. The van der Waals surface area contributed by atoms with E-state index in [0.29, 0.717) is 10.1 Å². The highest BCUT2D eigenvalue weighted by Crippen LogP contribution is 2.45. The summed E-state index contributed by atoms with van der Waals surface area (Å²) in [5.41, 5.74) is 7.51. The second kappa shape index (κ2) is 8.78. The van der Waals surface area contributed by atoms with Crippen LogP contribution in [-0.4, -0.2) is 19.8 Å². The van der Waals surface area contributed by atoms with Gasteiger partial charge in [-0.3, -0.25) is 4.98 Å². The van der Waals surface area contributed by atoms with E-state index >= 15 is 0 Å². The molecule has 0 spiro atoms. The van der Waals surface area contributed by atoms with Crippen LogP contribution in [0.15, 0.2) is 72.9 Å². The van der Waals surface area contributed by atoms with Gasteiger partial charge in [-0.1, -0.05) is 23.7 Å². The Morgan fingerprint density at radius 3 is 2.38 bits per heavy atom. The van der Waals surface area contributed by atoms with E-state index in [1.807, 2.05) is 54.7 Å². The molecule has 2 aromatic carbocycles. The Balaban J connectivity index is 1.73. The number of aromatic hydroxyl groups is 1. The number of rotatable bonds is 4. The second-order valence-electron chi connectivity index (χ2n) is 8.54. The lowest BCUT2D eigenvalue weighted by Gasteiger charge is -2.29. The van der Waals surface area contributed by atoms with E-state index < -0.39 is 0 Å². The summed E-state index contributed by atoms with van der Waals surface area (Å²) >= 11 is 12.2. The average Bonchev–Trinajstić information content (AvgIpc) is 3.27. The van der Waals surface area contributed by atoms with E-state index in [-0.39, 0.29) is 17.8 Å². The number of phenols is 1. The smallest absolute Gasteiger partial charge is 0.174 e. The molecule has 0 saturated carbocycles. The number of hydrogen-bond acceptors (Lipinski definition) is 3. The van der Waals surface area contributed by atoms with Crippen LogP contribution in [0.5, 0.6) is 5.75 Å². The molecule has 1 aliphatic heterocycles. The van der Waals surface area contributed by atoms with Crippen molar-refractivity contribution in [3.8, 4) is 11.4 Å². The van der Waals surface area contributed by atoms with Crippen LogP contribution in [-0.2, 0) is 0 Å². The van der Waals surface area contributed by atoms with Crippen LogP contribution >= 0.6 is 23.8 Å². The standard InChI is InChI=1S/C27H25ClN4OS/c1-16-17(2)31(21-8-6-7-19(28)15-21)18(3)24(16)26-25(23-9-4-5-14-29-23)30-27(34)32(26)20-10-12-22(33)13-11-20/h4-15,25-26,33H,1-3H3,(H,30,34)/t25-,26-/m1/s1. The van der Waals surface area contributed by atoms with Crippen LogP contribution in [0.3, 0.4) is 0 Å². The van der Waals surface area contributed by atoms with Crippen LogP contribution in [0.1, 0.15) is 40.3 Å².